The second kappa shape index (κ2) is 13.3. The van der Waals surface area contributed by atoms with E-state index in [1.807, 2.05) is 0 Å². The van der Waals surface area contributed by atoms with E-state index in [9.17, 15) is 30.0 Å². The van der Waals surface area contributed by atoms with Crippen molar-refractivity contribution in [3.8, 4) is 0 Å². The maximum absolute atomic E-state index is 14.1. The third-order valence-electron chi connectivity index (χ3n) is 7.61. The Morgan fingerprint density at radius 3 is 1.72 bits per heavy atom. The van der Waals surface area contributed by atoms with Gasteiger partial charge in [0.1, 0.15) is 4.90 Å². The first-order chi connectivity index (χ1) is 20.3. The van der Waals surface area contributed by atoms with Crippen molar-refractivity contribution >= 4 is 36.0 Å². The Morgan fingerprint density at radius 2 is 1.21 bits per heavy atom. The number of fused-ring (bicyclic) bond motifs is 1. The fraction of sp³-hybridized carbons (Fsp3) is 0.387. The summed E-state index contributed by atoms with van der Waals surface area (Å²) in [6, 6.07) is 16.0. The molecule has 1 unspecified atom stereocenters. The minimum atomic E-state index is -4.71. The summed E-state index contributed by atoms with van der Waals surface area (Å²) in [4.78, 5) is 12.9. The predicted molar refractivity (Wildman–Crippen MR) is 165 cm³/mol. The van der Waals surface area contributed by atoms with Crippen LogP contribution in [0.25, 0.3) is 0 Å². The number of aryl methyl sites for hydroxylation is 2. The Bertz CT molecular complexity index is 1690. The van der Waals surface area contributed by atoms with Crippen LogP contribution in [0.1, 0.15) is 73.4 Å². The Hall–Kier alpha value is -3.06. The van der Waals surface area contributed by atoms with Gasteiger partial charge in [0.2, 0.25) is 0 Å². The van der Waals surface area contributed by atoms with E-state index < -0.39 is 48.6 Å². The van der Waals surface area contributed by atoms with Gasteiger partial charge in [-0.05, 0) is 56.7 Å². The fourth-order valence-electron chi connectivity index (χ4n) is 5.16. The molecule has 0 radical (unpaired) electrons. The Morgan fingerprint density at radius 1 is 0.721 bits per heavy atom. The van der Waals surface area contributed by atoms with Crippen molar-refractivity contribution in [2.75, 3.05) is 6.54 Å². The van der Waals surface area contributed by atoms with Crippen molar-refractivity contribution < 1.29 is 30.0 Å². The van der Waals surface area contributed by atoms with E-state index >= 15 is 0 Å². The van der Waals surface area contributed by atoms with Crippen LogP contribution in [-0.2, 0) is 30.1 Å². The lowest BCUT2D eigenvalue weighted by Gasteiger charge is -2.31. The van der Waals surface area contributed by atoms with Gasteiger partial charge in [0.25, 0.3) is 36.0 Å². The second-order valence-corrected chi connectivity index (χ2v) is 16.6. The van der Waals surface area contributed by atoms with E-state index in [0.29, 0.717) is 14.4 Å². The lowest BCUT2D eigenvalue weighted by molar-refractivity contribution is 0.0820. The van der Waals surface area contributed by atoms with Gasteiger partial charge in [-0.25, -0.2) is 29.6 Å². The number of nitrogens with zero attached hydrogens (tertiary/aromatic N) is 2. The third kappa shape index (κ3) is 6.87. The smallest absolute Gasteiger partial charge is 0.268 e. The molecule has 12 heteroatoms. The van der Waals surface area contributed by atoms with Crippen LogP contribution in [0.3, 0.4) is 0 Å². The average molecular weight is 647 g/mol. The van der Waals surface area contributed by atoms with Gasteiger partial charge < -0.3 is 0 Å². The highest BCUT2D eigenvalue weighted by molar-refractivity contribution is 8.04. The summed E-state index contributed by atoms with van der Waals surface area (Å²) >= 11 is 0. The molecule has 3 aromatic carbocycles. The van der Waals surface area contributed by atoms with E-state index in [1.165, 1.54) is 42.5 Å². The summed E-state index contributed by atoms with van der Waals surface area (Å²) in [5, 5.41) is 0. The van der Waals surface area contributed by atoms with Gasteiger partial charge in [0.05, 0.1) is 27.9 Å². The first-order valence-electron chi connectivity index (χ1n) is 14.4. The number of hydrogen-bond acceptors (Lipinski definition) is 7. The van der Waals surface area contributed by atoms with E-state index in [4.69, 9.17) is 0 Å². The molecule has 0 bridgehead atoms. The van der Waals surface area contributed by atoms with Crippen LogP contribution in [0, 0.1) is 13.8 Å². The van der Waals surface area contributed by atoms with Crippen molar-refractivity contribution in [1.29, 1.82) is 0 Å². The number of carbonyl (C=O) groups is 1. The maximum Gasteiger partial charge on any atom is 0.269 e. The molecule has 3 aromatic rings. The molecule has 232 valence electrons. The topological polar surface area (TPSA) is 126 Å². The zero-order valence-electron chi connectivity index (χ0n) is 24.6. The normalized spacial score (nSPS) is 15.5. The first kappa shape index (κ1) is 32.8. The van der Waals surface area contributed by atoms with Gasteiger partial charge in [-0.3, -0.25) is 4.79 Å². The minimum absolute atomic E-state index is 0.0234. The minimum Gasteiger partial charge on any atom is -0.268 e. The van der Waals surface area contributed by atoms with Crippen LogP contribution in [0.4, 0.5) is 0 Å². The second-order valence-electron chi connectivity index (χ2n) is 10.9. The van der Waals surface area contributed by atoms with E-state index in [-0.39, 0.29) is 26.7 Å². The average Bonchev–Trinajstić information content (AvgIpc) is 3.17. The number of unbranched alkanes of at least 4 members (excludes halogenated alkanes) is 5. The molecule has 0 aromatic heterocycles. The molecule has 0 fully saturated rings. The Labute approximate surface area is 255 Å². The highest BCUT2D eigenvalue weighted by atomic mass is 32.3. The van der Waals surface area contributed by atoms with Crippen molar-refractivity contribution in [3.63, 3.8) is 0 Å². The molecule has 1 amide bonds. The molecule has 0 saturated heterocycles. The molecule has 1 heterocycles. The lowest BCUT2D eigenvalue weighted by atomic mass is 10.1. The molecule has 0 N–H and O–H groups in total. The molecule has 4 rings (SSSR count). The third-order valence-corrected chi connectivity index (χ3v) is 13.8. The number of rotatable bonds is 14. The molecular formula is C31H38N2O7S3. The number of sulfonamides is 3. The van der Waals surface area contributed by atoms with Gasteiger partial charge in [0.15, 0.2) is 0 Å². The summed E-state index contributed by atoms with van der Waals surface area (Å²) < 4.78 is 84.8. The van der Waals surface area contributed by atoms with Crippen LogP contribution in [0.5, 0.6) is 0 Å². The maximum atomic E-state index is 14.1. The Balaban J connectivity index is 1.81. The van der Waals surface area contributed by atoms with Gasteiger partial charge in [-0.15, -0.1) is 0 Å². The number of benzene rings is 3. The SMILES string of the molecule is CCCCCCCCC(CN(S(=O)(=O)c1ccc(C)cc1)S(=O)(=O)c1ccc(C)cc1)N1C(=O)c2ccccc2S1(=O)=O. The van der Waals surface area contributed by atoms with E-state index in [0.717, 1.165) is 43.2 Å². The molecular weight excluding hydrogens is 609 g/mol. The van der Waals surface area contributed by atoms with Crippen LogP contribution in [-0.4, -0.2) is 51.8 Å². The van der Waals surface area contributed by atoms with Crippen molar-refractivity contribution in [3.05, 3.63) is 89.5 Å². The van der Waals surface area contributed by atoms with Crippen LogP contribution >= 0.6 is 0 Å². The van der Waals surface area contributed by atoms with Crippen LogP contribution in [0.2, 0.25) is 0 Å². The number of amides is 1. The van der Waals surface area contributed by atoms with E-state index in [1.54, 1.807) is 44.2 Å². The lowest BCUT2D eigenvalue weighted by Crippen LogP contribution is -2.50. The Kier molecular flexibility index (Phi) is 10.2. The van der Waals surface area contributed by atoms with Gasteiger partial charge in [-0.1, -0.05) is 96.7 Å². The largest absolute Gasteiger partial charge is 0.269 e. The van der Waals surface area contributed by atoms with Crippen molar-refractivity contribution in [2.24, 2.45) is 0 Å². The zero-order valence-corrected chi connectivity index (χ0v) is 27.1. The number of carbonyl (C=O) groups excluding carboxylic acids is 1. The zero-order chi connectivity index (χ0) is 31.4. The monoisotopic (exact) mass is 646 g/mol. The van der Waals surface area contributed by atoms with Gasteiger partial charge in [-0.2, -0.15) is 0 Å². The molecule has 0 spiro atoms. The van der Waals surface area contributed by atoms with E-state index in [2.05, 4.69) is 6.92 Å². The summed E-state index contributed by atoms with van der Waals surface area (Å²) in [5.41, 5.74) is 1.53. The molecule has 9 nitrogen and oxygen atoms in total. The highest BCUT2D eigenvalue weighted by Gasteiger charge is 2.48. The van der Waals surface area contributed by atoms with Crippen LogP contribution < -0.4 is 0 Å². The summed E-state index contributed by atoms with van der Waals surface area (Å²) in [7, 11) is -13.8. The predicted octanol–water partition coefficient (Wildman–Crippen LogP) is 5.65. The highest BCUT2D eigenvalue weighted by Crippen LogP contribution is 2.35. The number of hydrogen-bond donors (Lipinski definition) is 0. The van der Waals surface area contributed by atoms with Gasteiger partial charge >= 0.3 is 0 Å². The fourth-order valence-corrected chi connectivity index (χ4v) is 10.7. The van der Waals surface area contributed by atoms with Crippen molar-refractivity contribution in [2.45, 2.75) is 86.4 Å². The summed E-state index contributed by atoms with van der Waals surface area (Å²) in [6.07, 6.45) is 5.26. The van der Waals surface area contributed by atoms with Gasteiger partial charge in [0, 0.05) is 0 Å². The molecule has 0 saturated carbocycles. The van der Waals surface area contributed by atoms with Crippen molar-refractivity contribution in [1.82, 2.24) is 8.02 Å². The molecule has 0 aliphatic carbocycles. The standard InChI is InChI=1S/C31H38N2O7S3/c1-4-5-6-7-8-9-12-26(33-31(34)29-13-10-11-14-30(29)43(33,39)40)23-32(41(35,36)27-19-15-24(2)16-20-27)42(37,38)28-21-17-25(3)18-22-28/h10-11,13-22,26H,4-9,12,23H2,1-3H3. The summed E-state index contributed by atoms with van der Waals surface area (Å²) in [5.74, 6) is -0.799. The molecule has 43 heavy (non-hydrogen) atoms. The quantitative estimate of drug-likeness (QED) is 0.207. The molecule has 1 aliphatic rings. The first-order valence-corrected chi connectivity index (χ1v) is 18.7. The molecule has 1 aliphatic heterocycles. The molecule has 1 atom stereocenters. The van der Waals surface area contributed by atoms with Crippen LogP contribution in [0.15, 0.2) is 87.5 Å². The summed E-state index contributed by atoms with van der Waals surface area (Å²) in [6.45, 7) is 4.87.